The third kappa shape index (κ3) is 5.11. The highest BCUT2D eigenvalue weighted by Gasteiger charge is 2.80. The minimum Gasteiger partial charge on any atom is -0.323 e. The molecule has 0 aliphatic heterocycles. The van der Waals surface area contributed by atoms with E-state index in [1.165, 1.54) is 0 Å². The topological polar surface area (TPSA) is 18.5 Å². The molecule has 17 heteroatoms. The highest BCUT2D eigenvalue weighted by atomic mass is 28.4. The van der Waals surface area contributed by atoms with Crippen molar-refractivity contribution in [3.05, 3.63) is 60.7 Å². The van der Waals surface area contributed by atoms with E-state index in [0.29, 0.717) is 24.3 Å². The van der Waals surface area contributed by atoms with E-state index in [2.05, 4.69) is 8.85 Å². The van der Waals surface area contributed by atoms with E-state index in [9.17, 15) is 61.5 Å². The lowest BCUT2D eigenvalue weighted by Crippen LogP contribution is -2.73. The smallest absolute Gasteiger partial charge is 0.323 e. The number of benzene rings is 2. The molecule has 0 unspecified atom stereocenters. The molecule has 0 fully saturated rings. The monoisotopic (exact) mass is 552 g/mol. The maximum absolute atomic E-state index is 14.3. The first kappa shape index (κ1) is 28.8. The highest BCUT2D eigenvalue weighted by Crippen LogP contribution is 2.51. The molecule has 0 N–H and O–H groups in total. The molecule has 0 saturated heterocycles. The minimum absolute atomic E-state index is 0.475. The third-order valence-electron chi connectivity index (χ3n) is 4.29. The Balaban J connectivity index is 2.88. The summed E-state index contributed by atoms with van der Waals surface area (Å²) in [6.07, 6.45) is -27.7. The highest BCUT2D eigenvalue weighted by molar-refractivity contribution is 6.92. The van der Waals surface area contributed by atoms with Crippen LogP contribution in [0.1, 0.15) is 0 Å². The quantitative estimate of drug-likeness (QED) is 0.302. The number of rotatable bonds is 8. The number of hydrogen-bond donors (Lipinski definition) is 0. The molecule has 0 aromatic heterocycles. The van der Waals surface area contributed by atoms with Gasteiger partial charge in [0.15, 0.2) is 0 Å². The Morgan fingerprint density at radius 2 is 0.686 bits per heavy atom. The molecule has 2 nitrogen and oxygen atoms in total. The van der Waals surface area contributed by atoms with Crippen LogP contribution in [0, 0.1) is 0 Å². The van der Waals surface area contributed by atoms with Crippen molar-refractivity contribution in [2.75, 3.05) is 0 Å². The molecule has 196 valence electrons. The Morgan fingerprint density at radius 3 is 0.914 bits per heavy atom. The lowest BCUT2D eigenvalue weighted by Gasteiger charge is -2.40. The number of alkyl halides is 14. The van der Waals surface area contributed by atoms with E-state index < -0.39 is 55.3 Å². The predicted octanol–water partition coefficient (Wildman–Crippen LogP) is 5.86. The van der Waals surface area contributed by atoms with E-state index in [1.54, 1.807) is 0 Å². The molecule has 0 saturated carbocycles. The molecule has 2 rings (SSSR count). The van der Waals surface area contributed by atoms with Crippen molar-refractivity contribution in [2.45, 2.75) is 36.4 Å². The van der Waals surface area contributed by atoms with Crippen molar-refractivity contribution in [1.29, 1.82) is 0 Å². The molecule has 35 heavy (non-hydrogen) atoms. The average Bonchev–Trinajstić information content (AvgIpc) is 2.72. The van der Waals surface area contributed by atoms with Crippen molar-refractivity contribution in [3.8, 4) is 0 Å². The van der Waals surface area contributed by atoms with E-state index in [-0.39, 0.29) is 0 Å². The Labute approximate surface area is 187 Å². The predicted molar refractivity (Wildman–Crippen MR) is 92.0 cm³/mol. The molecule has 2 aromatic carbocycles. The van der Waals surface area contributed by atoms with Crippen molar-refractivity contribution >= 4 is 18.9 Å². The van der Waals surface area contributed by atoms with Crippen molar-refractivity contribution in [3.63, 3.8) is 0 Å². The summed E-state index contributed by atoms with van der Waals surface area (Å²) in [6.45, 7) is 0. The summed E-state index contributed by atoms with van der Waals surface area (Å²) < 4.78 is 194. The zero-order valence-corrected chi connectivity index (χ0v) is 17.4. The zero-order valence-electron chi connectivity index (χ0n) is 16.4. The van der Waals surface area contributed by atoms with Gasteiger partial charge in [0.1, 0.15) is 0 Å². The summed E-state index contributed by atoms with van der Waals surface area (Å²) in [5.74, 6) is -14.2. The zero-order chi connectivity index (χ0) is 27.1. The van der Waals surface area contributed by atoms with Crippen molar-refractivity contribution < 1.29 is 70.3 Å². The van der Waals surface area contributed by atoms with Crippen LogP contribution in [-0.2, 0) is 8.85 Å². The van der Waals surface area contributed by atoms with Gasteiger partial charge in [0.25, 0.3) is 0 Å². The van der Waals surface area contributed by atoms with Gasteiger partial charge in [0, 0.05) is 0 Å². The molecule has 0 bridgehead atoms. The maximum Gasteiger partial charge on any atom is 0.462 e. The molecule has 2 aromatic rings. The van der Waals surface area contributed by atoms with E-state index >= 15 is 0 Å². The van der Waals surface area contributed by atoms with Crippen LogP contribution in [0.3, 0.4) is 0 Å². The van der Waals surface area contributed by atoms with Crippen LogP contribution in [0.15, 0.2) is 60.7 Å². The first-order valence-electron chi connectivity index (χ1n) is 8.78. The van der Waals surface area contributed by atoms with E-state index in [4.69, 9.17) is 0 Å². The van der Waals surface area contributed by atoms with Crippen LogP contribution in [-0.4, -0.2) is 45.0 Å². The molecular weight excluding hydrogens is 542 g/mol. The van der Waals surface area contributed by atoms with Crippen LogP contribution in [0.25, 0.3) is 0 Å². The molecule has 0 radical (unpaired) electrons. The molecule has 0 spiro atoms. The summed E-state index contributed by atoms with van der Waals surface area (Å²) in [6, 6.07) is 7.17. The summed E-state index contributed by atoms with van der Waals surface area (Å²) in [4.78, 5) is 0. The van der Waals surface area contributed by atoms with Gasteiger partial charge in [-0.1, -0.05) is 60.7 Å². The van der Waals surface area contributed by atoms with Crippen molar-refractivity contribution in [2.24, 2.45) is 0 Å². The van der Waals surface area contributed by atoms with Gasteiger partial charge in [-0.2, -0.15) is 61.5 Å². The van der Waals surface area contributed by atoms with E-state index in [1.807, 2.05) is 0 Å². The van der Waals surface area contributed by atoms with Crippen LogP contribution >= 0.6 is 0 Å². The Kier molecular flexibility index (Phi) is 7.35. The number of halogens is 14. The lowest BCUT2D eigenvalue weighted by atomic mass is 10.3. The summed E-state index contributed by atoms with van der Waals surface area (Å²) >= 11 is 0. The standard InChI is InChI=1S/C18H10F14O2Si/c19-13(20,15(23,24)25)17(29,30)33-35(11-7-3-1-4-8-11,12-9-5-2-6-10-12)34-18(31,32)14(21,22)16(26,27)28/h1-10H. The van der Waals surface area contributed by atoms with Gasteiger partial charge in [0.05, 0.1) is 0 Å². The van der Waals surface area contributed by atoms with Gasteiger partial charge < -0.3 is 8.85 Å². The largest absolute Gasteiger partial charge is 0.462 e. The second-order valence-electron chi connectivity index (χ2n) is 6.73. The normalized spacial score (nSPS) is 14.8. The van der Waals surface area contributed by atoms with Gasteiger partial charge in [-0.05, 0) is 10.4 Å². The summed E-state index contributed by atoms with van der Waals surface area (Å²) in [5, 5.41) is -2.44. The van der Waals surface area contributed by atoms with E-state index in [0.717, 1.165) is 36.4 Å². The Bertz CT molecular complexity index is 908. The van der Waals surface area contributed by atoms with Crippen LogP contribution in [0.4, 0.5) is 61.5 Å². The van der Waals surface area contributed by atoms with Gasteiger partial charge in [-0.25, -0.2) is 0 Å². The van der Waals surface area contributed by atoms with Gasteiger partial charge in [0.2, 0.25) is 0 Å². The van der Waals surface area contributed by atoms with Crippen LogP contribution < -0.4 is 10.4 Å². The van der Waals surface area contributed by atoms with Gasteiger partial charge in [-0.3, -0.25) is 0 Å². The molecular formula is C18H10F14O2Si. The second-order valence-corrected chi connectivity index (χ2v) is 9.53. The SMILES string of the molecule is FC(F)(F)C(F)(F)C(F)(F)O[Si](OC(F)(F)C(F)(F)C(F)(F)F)(c1ccccc1)c1ccccc1. The van der Waals surface area contributed by atoms with Gasteiger partial charge in [-0.15, -0.1) is 0 Å². The molecule has 0 atom stereocenters. The Hall–Kier alpha value is -2.40. The fourth-order valence-corrected chi connectivity index (χ4v) is 5.64. The van der Waals surface area contributed by atoms with Gasteiger partial charge >= 0.3 is 45.0 Å². The first-order valence-corrected chi connectivity index (χ1v) is 10.6. The fraction of sp³-hybridized carbons (Fsp3) is 0.333. The lowest BCUT2D eigenvalue weighted by molar-refractivity contribution is -0.422. The summed E-state index contributed by atoms with van der Waals surface area (Å²) in [5.41, 5.74) is 0. The first-order chi connectivity index (χ1) is 15.6. The summed E-state index contributed by atoms with van der Waals surface area (Å²) in [7, 11) is -6.66. The molecule has 0 aliphatic carbocycles. The average molecular weight is 552 g/mol. The maximum atomic E-state index is 14.3. The van der Waals surface area contributed by atoms with Crippen LogP contribution in [0.5, 0.6) is 0 Å². The molecule has 0 aliphatic rings. The second kappa shape index (κ2) is 8.92. The fourth-order valence-electron chi connectivity index (χ4n) is 2.56. The molecule has 0 amide bonds. The third-order valence-corrected chi connectivity index (χ3v) is 7.57. The van der Waals surface area contributed by atoms with Crippen LogP contribution in [0.2, 0.25) is 0 Å². The minimum atomic E-state index is -7.12. The Morgan fingerprint density at radius 1 is 0.429 bits per heavy atom. The molecule has 0 heterocycles. The van der Waals surface area contributed by atoms with Crippen molar-refractivity contribution in [1.82, 2.24) is 0 Å². The number of hydrogen-bond acceptors (Lipinski definition) is 2.